The predicted octanol–water partition coefficient (Wildman–Crippen LogP) is 3.11. The molecule has 0 aliphatic rings. The van der Waals surface area contributed by atoms with Gasteiger partial charge in [0, 0.05) is 18.6 Å². The molecule has 0 fully saturated rings. The second-order valence-electron chi connectivity index (χ2n) is 4.42. The summed E-state index contributed by atoms with van der Waals surface area (Å²) in [6.07, 6.45) is -0.155. The molecule has 6 heteroatoms. The molecule has 0 spiro atoms. The zero-order valence-electron chi connectivity index (χ0n) is 11.1. The first-order valence-electron chi connectivity index (χ1n) is 6.04. The molecule has 1 atom stereocenters. The van der Waals surface area contributed by atoms with Crippen LogP contribution in [0, 0.1) is 6.92 Å². The Morgan fingerprint density at radius 1 is 1.15 bits per heavy atom. The molecule has 2 heterocycles. The van der Waals surface area contributed by atoms with E-state index in [-0.39, 0.29) is 6.04 Å². The highest BCUT2D eigenvalue weighted by Gasteiger charge is 2.31. The van der Waals surface area contributed by atoms with Crippen molar-refractivity contribution in [2.24, 2.45) is 0 Å². The summed E-state index contributed by atoms with van der Waals surface area (Å²) < 4.78 is 37.6. The number of nitrogens with zero attached hydrogens (tertiary/aromatic N) is 2. The topological polar surface area (TPSA) is 37.8 Å². The fraction of sp³-hybridized carbons (Fsp3) is 0.286. The van der Waals surface area contributed by atoms with E-state index in [2.05, 4.69) is 15.3 Å². The van der Waals surface area contributed by atoms with Gasteiger partial charge in [-0.2, -0.15) is 13.2 Å². The number of aromatic nitrogens is 2. The van der Waals surface area contributed by atoms with Crippen LogP contribution in [0.1, 0.15) is 28.4 Å². The zero-order valence-corrected chi connectivity index (χ0v) is 11.1. The van der Waals surface area contributed by atoms with Crippen LogP contribution in [0.5, 0.6) is 0 Å². The summed E-state index contributed by atoms with van der Waals surface area (Å²) in [6.45, 7) is 1.92. The summed E-state index contributed by atoms with van der Waals surface area (Å²) >= 11 is 0. The number of alkyl halides is 3. The van der Waals surface area contributed by atoms with Gasteiger partial charge in [0.1, 0.15) is 0 Å². The Bertz CT molecular complexity index is 579. The second-order valence-corrected chi connectivity index (χ2v) is 4.42. The molecule has 0 saturated heterocycles. The molecule has 2 aromatic rings. The molecule has 2 aromatic heterocycles. The Kier molecular flexibility index (Phi) is 4.04. The molecule has 0 amide bonds. The van der Waals surface area contributed by atoms with E-state index in [1.165, 1.54) is 6.07 Å². The summed E-state index contributed by atoms with van der Waals surface area (Å²) in [6, 6.07) is 3.99. The van der Waals surface area contributed by atoms with E-state index >= 15 is 0 Å². The number of nitrogens with one attached hydrogen (secondary N) is 1. The van der Waals surface area contributed by atoms with Crippen molar-refractivity contribution < 1.29 is 13.2 Å². The molecule has 0 aliphatic heterocycles. The fourth-order valence-corrected chi connectivity index (χ4v) is 1.98. The number of aryl methyl sites for hydroxylation is 1. The van der Waals surface area contributed by atoms with E-state index in [1.807, 2.05) is 13.0 Å². The predicted molar refractivity (Wildman–Crippen MR) is 69.1 cm³/mol. The third-order valence-corrected chi connectivity index (χ3v) is 3.09. The van der Waals surface area contributed by atoms with Crippen LogP contribution < -0.4 is 5.32 Å². The Morgan fingerprint density at radius 3 is 2.40 bits per heavy atom. The van der Waals surface area contributed by atoms with Gasteiger partial charge in [-0.3, -0.25) is 9.97 Å². The Hall–Kier alpha value is -1.95. The maximum absolute atomic E-state index is 12.5. The monoisotopic (exact) mass is 281 g/mol. The van der Waals surface area contributed by atoms with Crippen molar-refractivity contribution in [3.8, 4) is 0 Å². The van der Waals surface area contributed by atoms with Crippen molar-refractivity contribution in [3.05, 3.63) is 59.2 Å². The van der Waals surface area contributed by atoms with Crippen molar-refractivity contribution in [1.29, 1.82) is 0 Å². The molecule has 1 unspecified atom stereocenters. The lowest BCUT2D eigenvalue weighted by Crippen LogP contribution is -2.20. The summed E-state index contributed by atoms with van der Waals surface area (Å²) in [5.41, 5.74) is 1.67. The molecule has 3 nitrogen and oxygen atoms in total. The van der Waals surface area contributed by atoms with E-state index in [1.54, 1.807) is 19.4 Å². The quantitative estimate of drug-likeness (QED) is 0.939. The van der Waals surface area contributed by atoms with Crippen LogP contribution in [0.2, 0.25) is 0 Å². The average Bonchev–Trinajstić information content (AvgIpc) is 2.41. The van der Waals surface area contributed by atoms with Gasteiger partial charge in [0.05, 0.1) is 17.3 Å². The van der Waals surface area contributed by atoms with Crippen LogP contribution in [-0.4, -0.2) is 17.0 Å². The van der Waals surface area contributed by atoms with Crippen molar-refractivity contribution >= 4 is 0 Å². The standard InChI is InChI=1S/C14H14F3N3/c1-9-5-6-19-8-11(9)13(18-2)12-4-3-10(7-20-12)14(15,16)17/h3-8,13,18H,1-2H3. The van der Waals surface area contributed by atoms with Gasteiger partial charge in [-0.25, -0.2) is 0 Å². The van der Waals surface area contributed by atoms with Crippen molar-refractivity contribution in [3.63, 3.8) is 0 Å². The number of pyridine rings is 2. The molecule has 0 aliphatic carbocycles. The highest BCUT2D eigenvalue weighted by atomic mass is 19.4. The first-order chi connectivity index (χ1) is 9.43. The minimum atomic E-state index is -4.37. The summed E-state index contributed by atoms with van der Waals surface area (Å²) in [5, 5.41) is 3.05. The van der Waals surface area contributed by atoms with E-state index < -0.39 is 11.7 Å². The SMILES string of the molecule is CNC(c1ccc(C(F)(F)F)cn1)c1cnccc1C. The highest BCUT2D eigenvalue weighted by Crippen LogP contribution is 2.30. The highest BCUT2D eigenvalue weighted by molar-refractivity contribution is 5.32. The van der Waals surface area contributed by atoms with Crippen molar-refractivity contribution in [2.75, 3.05) is 7.05 Å². The van der Waals surface area contributed by atoms with E-state index in [0.717, 1.165) is 23.4 Å². The molecule has 0 radical (unpaired) electrons. The van der Waals surface area contributed by atoms with Crippen molar-refractivity contribution in [2.45, 2.75) is 19.1 Å². The lowest BCUT2D eigenvalue weighted by molar-refractivity contribution is -0.137. The van der Waals surface area contributed by atoms with Crippen LogP contribution in [-0.2, 0) is 6.18 Å². The maximum atomic E-state index is 12.5. The van der Waals surface area contributed by atoms with Crippen LogP contribution in [0.3, 0.4) is 0 Å². The summed E-state index contributed by atoms with van der Waals surface area (Å²) in [4.78, 5) is 7.97. The van der Waals surface area contributed by atoms with Gasteiger partial charge in [0.2, 0.25) is 0 Å². The molecule has 20 heavy (non-hydrogen) atoms. The molecule has 1 N–H and O–H groups in total. The smallest absolute Gasteiger partial charge is 0.308 e. The van der Waals surface area contributed by atoms with Gasteiger partial charge >= 0.3 is 6.18 Å². The lowest BCUT2D eigenvalue weighted by atomic mass is 10.0. The zero-order chi connectivity index (χ0) is 14.8. The molecule has 106 valence electrons. The molecular formula is C14H14F3N3. The van der Waals surface area contributed by atoms with Crippen molar-refractivity contribution in [1.82, 2.24) is 15.3 Å². The van der Waals surface area contributed by atoms with Gasteiger partial charge in [0.15, 0.2) is 0 Å². The van der Waals surface area contributed by atoms with Crippen LogP contribution in [0.4, 0.5) is 13.2 Å². The first kappa shape index (κ1) is 14.5. The molecule has 2 rings (SSSR count). The van der Waals surface area contributed by atoms with E-state index in [9.17, 15) is 13.2 Å². The Labute approximate surface area is 114 Å². The maximum Gasteiger partial charge on any atom is 0.417 e. The normalized spacial score (nSPS) is 13.2. The van der Waals surface area contributed by atoms with Gasteiger partial charge in [-0.05, 0) is 43.3 Å². The van der Waals surface area contributed by atoms with E-state index in [0.29, 0.717) is 5.69 Å². The van der Waals surface area contributed by atoms with Gasteiger partial charge in [-0.15, -0.1) is 0 Å². The molecule has 0 aromatic carbocycles. The molecule has 0 bridgehead atoms. The minimum absolute atomic E-state index is 0.286. The Balaban J connectivity index is 2.36. The van der Waals surface area contributed by atoms with Gasteiger partial charge < -0.3 is 5.32 Å². The van der Waals surface area contributed by atoms with Crippen LogP contribution in [0.25, 0.3) is 0 Å². The second kappa shape index (κ2) is 5.58. The summed E-state index contributed by atoms with van der Waals surface area (Å²) in [5.74, 6) is 0. The lowest BCUT2D eigenvalue weighted by Gasteiger charge is -2.18. The molecule has 0 saturated carbocycles. The fourth-order valence-electron chi connectivity index (χ4n) is 1.98. The summed E-state index contributed by atoms with van der Waals surface area (Å²) in [7, 11) is 1.73. The van der Waals surface area contributed by atoms with Gasteiger partial charge in [0.25, 0.3) is 0 Å². The number of hydrogen-bond donors (Lipinski definition) is 1. The Morgan fingerprint density at radius 2 is 1.90 bits per heavy atom. The third kappa shape index (κ3) is 2.96. The van der Waals surface area contributed by atoms with Crippen LogP contribution >= 0.6 is 0 Å². The average molecular weight is 281 g/mol. The van der Waals surface area contributed by atoms with Gasteiger partial charge in [-0.1, -0.05) is 0 Å². The minimum Gasteiger partial charge on any atom is -0.308 e. The molecular weight excluding hydrogens is 267 g/mol. The number of rotatable bonds is 3. The van der Waals surface area contributed by atoms with Crippen LogP contribution in [0.15, 0.2) is 36.8 Å². The largest absolute Gasteiger partial charge is 0.417 e. The third-order valence-electron chi connectivity index (χ3n) is 3.09. The van der Waals surface area contributed by atoms with E-state index in [4.69, 9.17) is 0 Å². The number of hydrogen-bond acceptors (Lipinski definition) is 3. The first-order valence-corrected chi connectivity index (χ1v) is 6.04. The number of halogens is 3.